The van der Waals surface area contributed by atoms with Gasteiger partial charge in [-0.3, -0.25) is 9.78 Å². The number of carbonyl (C=O) groups excluding carboxylic acids is 1. The summed E-state index contributed by atoms with van der Waals surface area (Å²) >= 11 is 0. The highest BCUT2D eigenvalue weighted by Crippen LogP contribution is 2.27. The van der Waals surface area contributed by atoms with Crippen LogP contribution in [-0.2, 0) is 6.42 Å². The molecule has 4 nitrogen and oxygen atoms in total. The molecule has 0 unspecified atom stereocenters. The smallest absolute Gasteiger partial charge is 0.255 e. The molecule has 2 aromatic rings. The van der Waals surface area contributed by atoms with E-state index in [9.17, 15) is 4.79 Å². The second-order valence-corrected chi connectivity index (χ2v) is 4.46. The van der Waals surface area contributed by atoms with Crippen LogP contribution in [0.5, 0.6) is 5.75 Å². The van der Waals surface area contributed by atoms with Crippen molar-refractivity contribution in [3.05, 3.63) is 53.9 Å². The zero-order valence-electron chi connectivity index (χ0n) is 10.8. The first-order valence-electron chi connectivity index (χ1n) is 6.30. The Kier molecular flexibility index (Phi) is 4.58. The molecule has 0 bridgehead atoms. The van der Waals surface area contributed by atoms with Crippen molar-refractivity contribution in [1.82, 2.24) is 4.98 Å². The van der Waals surface area contributed by atoms with Crippen LogP contribution in [0.1, 0.15) is 22.3 Å². The Morgan fingerprint density at radius 1 is 1.20 bits per heavy atom. The number of rotatable bonds is 2. The minimum Gasteiger partial charge on any atom is -0.493 e. The van der Waals surface area contributed by atoms with E-state index in [1.54, 1.807) is 24.5 Å². The van der Waals surface area contributed by atoms with Gasteiger partial charge in [0, 0.05) is 23.6 Å². The fraction of sp³-hybridized carbons (Fsp3) is 0.200. The number of benzene rings is 1. The van der Waals surface area contributed by atoms with Crippen molar-refractivity contribution in [2.75, 3.05) is 11.9 Å². The molecule has 0 atom stereocenters. The van der Waals surface area contributed by atoms with E-state index in [4.69, 9.17) is 4.74 Å². The molecule has 3 rings (SSSR count). The molecule has 0 aliphatic carbocycles. The van der Waals surface area contributed by atoms with Crippen molar-refractivity contribution in [3.8, 4) is 5.75 Å². The number of fused-ring (bicyclic) bond motifs is 1. The summed E-state index contributed by atoms with van der Waals surface area (Å²) in [4.78, 5) is 15.9. The number of nitrogens with one attached hydrogen (secondary N) is 1. The molecule has 1 aromatic carbocycles. The van der Waals surface area contributed by atoms with Gasteiger partial charge in [-0.25, -0.2) is 0 Å². The standard InChI is InChI=1S/C15H14N2O2.ClH/c18-15(11-5-7-16-8-6-11)17-13-3-4-14-12(10-13)2-1-9-19-14;/h3-8,10H,1-2,9H2,(H,17,18);1H. The van der Waals surface area contributed by atoms with Gasteiger partial charge in [0.15, 0.2) is 0 Å². The van der Waals surface area contributed by atoms with E-state index in [-0.39, 0.29) is 18.3 Å². The quantitative estimate of drug-likeness (QED) is 0.925. The van der Waals surface area contributed by atoms with Crippen LogP contribution in [-0.4, -0.2) is 17.5 Å². The predicted octanol–water partition coefficient (Wildman–Crippen LogP) is 3.08. The lowest BCUT2D eigenvalue weighted by Crippen LogP contribution is -2.13. The fourth-order valence-corrected chi connectivity index (χ4v) is 2.14. The number of halogens is 1. The second kappa shape index (κ2) is 6.39. The van der Waals surface area contributed by atoms with E-state index in [1.165, 1.54) is 0 Å². The van der Waals surface area contributed by atoms with Crippen LogP contribution in [0.15, 0.2) is 42.7 Å². The predicted molar refractivity (Wildman–Crippen MR) is 79.7 cm³/mol. The molecule has 104 valence electrons. The number of aromatic nitrogens is 1. The van der Waals surface area contributed by atoms with Gasteiger partial charge < -0.3 is 10.1 Å². The van der Waals surface area contributed by atoms with Crippen LogP contribution in [0, 0.1) is 0 Å². The van der Waals surface area contributed by atoms with Gasteiger partial charge in [0.05, 0.1) is 6.61 Å². The normalized spacial score (nSPS) is 12.6. The van der Waals surface area contributed by atoms with Gasteiger partial charge in [0.25, 0.3) is 5.91 Å². The lowest BCUT2D eigenvalue weighted by atomic mass is 10.1. The number of pyridine rings is 1. The first-order chi connectivity index (χ1) is 9.33. The number of hydrogen-bond acceptors (Lipinski definition) is 3. The molecule has 0 saturated carbocycles. The van der Waals surface area contributed by atoms with Crippen LogP contribution in [0.25, 0.3) is 0 Å². The highest BCUT2D eigenvalue weighted by molar-refractivity contribution is 6.04. The number of aryl methyl sites for hydroxylation is 1. The largest absolute Gasteiger partial charge is 0.493 e. The average molecular weight is 291 g/mol. The molecule has 5 heteroatoms. The van der Waals surface area contributed by atoms with Gasteiger partial charge in [0.2, 0.25) is 0 Å². The molecule has 20 heavy (non-hydrogen) atoms. The lowest BCUT2D eigenvalue weighted by Gasteiger charge is -2.18. The van der Waals surface area contributed by atoms with Crippen molar-refractivity contribution in [1.29, 1.82) is 0 Å². The van der Waals surface area contributed by atoms with Crippen molar-refractivity contribution in [3.63, 3.8) is 0 Å². The van der Waals surface area contributed by atoms with Crippen LogP contribution in [0.4, 0.5) is 5.69 Å². The van der Waals surface area contributed by atoms with Crippen LogP contribution >= 0.6 is 12.4 Å². The highest BCUT2D eigenvalue weighted by Gasteiger charge is 2.12. The summed E-state index contributed by atoms with van der Waals surface area (Å²) in [6.45, 7) is 0.774. The van der Waals surface area contributed by atoms with E-state index in [0.717, 1.165) is 36.4 Å². The average Bonchev–Trinajstić information content (AvgIpc) is 2.48. The maximum absolute atomic E-state index is 12.0. The van der Waals surface area contributed by atoms with Gasteiger partial charge in [-0.2, -0.15) is 0 Å². The van der Waals surface area contributed by atoms with Crippen LogP contribution in [0.2, 0.25) is 0 Å². The molecule has 1 N–H and O–H groups in total. The summed E-state index contributed by atoms with van der Waals surface area (Å²) in [5, 5.41) is 2.89. The zero-order chi connectivity index (χ0) is 13.1. The molecule has 1 aliphatic rings. The van der Waals surface area contributed by atoms with Crippen molar-refractivity contribution in [2.45, 2.75) is 12.8 Å². The third kappa shape index (κ3) is 3.08. The van der Waals surface area contributed by atoms with E-state index in [2.05, 4.69) is 10.3 Å². The summed E-state index contributed by atoms with van der Waals surface area (Å²) in [5.74, 6) is 0.798. The molecule has 0 fully saturated rings. The SMILES string of the molecule is Cl.O=C(Nc1ccc2c(c1)CCCO2)c1ccncc1. The topological polar surface area (TPSA) is 51.2 Å². The summed E-state index contributed by atoms with van der Waals surface area (Å²) in [6.07, 6.45) is 5.23. The van der Waals surface area contributed by atoms with E-state index < -0.39 is 0 Å². The first-order valence-corrected chi connectivity index (χ1v) is 6.30. The fourth-order valence-electron chi connectivity index (χ4n) is 2.14. The number of carbonyl (C=O) groups is 1. The maximum atomic E-state index is 12.0. The van der Waals surface area contributed by atoms with Crippen LogP contribution in [0.3, 0.4) is 0 Å². The highest BCUT2D eigenvalue weighted by atomic mass is 35.5. The van der Waals surface area contributed by atoms with E-state index >= 15 is 0 Å². The molecule has 1 aromatic heterocycles. The third-order valence-electron chi connectivity index (χ3n) is 3.11. The summed E-state index contributed by atoms with van der Waals surface area (Å²) < 4.78 is 5.55. The maximum Gasteiger partial charge on any atom is 0.255 e. The number of anilines is 1. The lowest BCUT2D eigenvalue weighted by molar-refractivity contribution is 0.102. The molecular weight excluding hydrogens is 276 g/mol. The van der Waals surface area contributed by atoms with Crippen LogP contribution < -0.4 is 10.1 Å². The molecule has 0 spiro atoms. The van der Waals surface area contributed by atoms with Gasteiger partial charge in [-0.05, 0) is 48.7 Å². The van der Waals surface area contributed by atoms with Gasteiger partial charge in [-0.15, -0.1) is 12.4 Å². The number of amides is 1. The zero-order valence-corrected chi connectivity index (χ0v) is 11.7. The Hall–Kier alpha value is -2.07. The Labute approximate surface area is 123 Å². The number of hydrogen-bond donors (Lipinski definition) is 1. The Morgan fingerprint density at radius 2 is 2.00 bits per heavy atom. The van der Waals surface area contributed by atoms with Crippen molar-refractivity contribution < 1.29 is 9.53 Å². The van der Waals surface area contributed by atoms with Crippen molar-refractivity contribution in [2.24, 2.45) is 0 Å². The summed E-state index contributed by atoms with van der Waals surface area (Å²) in [6, 6.07) is 9.14. The molecule has 0 saturated heterocycles. The van der Waals surface area contributed by atoms with Gasteiger partial charge in [-0.1, -0.05) is 0 Å². The van der Waals surface area contributed by atoms with Crippen molar-refractivity contribution >= 4 is 24.0 Å². The molecule has 2 heterocycles. The first kappa shape index (κ1) is 14.3. The Morgan fingerprint density at radius 3 is 2.80 bits per heavy atom. The van der Waals surface area contributed by atoms with E-state index in [0.29, 0.717) is 5.56 Å². The minimum absolute atomic E-state index is 0. The molecular formula is C15H15ClN2O2. The molecule has 0 radical (unpaired) electrons. The third-order valence-corrected chi connectivity index (χ3v) is 3.11. The number of nitrogens with zero attached hydrogens (tertiary/aromatic N) is 1. The Balaban J connectivity index is 0.00000147. The second-order valence-electron chi connectivity index (χ2n) is 4.46. The van der Waals surface area contributed by atoms with E-state index in [1.807, 2.05) is 18.2 Å². The van der Waals surface area contributed by atoms with Gasteiger partial charge >= 0.3 is 0 Å². The Bertz CT molecular complexity index is 602. The minimum atomic E-state index is -0.126. The summed E-state index contributed by atoms with van der Waals surface area (Å²) in [7, 11) is 0. The summed E-state index contributed by atoms with van der Waals surface area (Å²) in [5.41, 5.74) is 2.55. The molecule has 1 amide bonds. The van der Waals surface area contributed by atoms with Gasteiger partial charge in [0.1, 0.15) is 5.75 Å². The monoisotopic (exact) mass is 290 g/mol. The number of ether oxygens (including phenoxy) is 1. The molecule has 1 aliphatic heterocycles.